The molecule has 1 unspecified atom stereocenters. The summed E-state index contributed by atoms with van der Waals surface area (Å²) in [6, 6.07) is 8.63. The van der Waals surface area contributed by atoms with E-state index >= 15 is 0 Å². The Labute approximate surface area is 218 Å². The molecule has 3 aromatic rings. The monoisotopic (exact) mass is 556 g/mol. The molecule has 0 bridgehead atoms. The fourth-order valence-electron chi connectivity index (χ4n) is 3.85. The first kappa shape index (κ1) is 27.1. The molecule has 0 saturated carbocycles. The molecular formula is C24H21ClF4N4O3S. The van der Waals surface area contributed by atoms with E-state index in [2.05, 4.69) is 10.4 Å². The molecule has 2 heterocycles. The van der Waals surface area contributed by atoms with Crippen LogP contribution in [0, 0.1) is 0 Å². The molecule has 13 heteroatoms. The maximum atomic E-state index is 13.5. The molecule has 196 valence electrons. The van der Waals surface area contributed by atoms with Crippen molar-refractivity contribution in [2.24, 2.45) is 0 Å². The van der Waals surface area contributed by atoms with Gasteiger partial charge in [-0.05, 0) is 53.2 Å². The normalized spacial score (nSPS) is 16.4. The van der Waals surface area contributed by atoms with Crippen molar-refractivity contribution >= 4 is 51.5 Å². The second kappa shape index (κ2) is 11.2. The number of halogens is 5. The minimum Gasteiger partial charge on any atom is -0.390 e. The number of imide groups is 1. The Morgan fingerprint density at radius 1 is 1.19 bits per heavy atom. The Morgan fingerprint density at radius 2 is 1.97 bits per heavy atom. The largest absolute Gasteiger partial charge is 0.416 e. The zero-order valence-corrected chi connectivity index (χ0v) is 20.7. The molecule has 1 fully saturated rings. The molecule has 0 aliphatic carbocycles. The van der Waals surface area contributed by atoms with Crippen molar-refractivity contribution in [2.45, 2.75) is 18.8 Å². The van der Waals surface area contributed by atoms with Gasteiger partial charge in [-0.3, -0.25) is 19.2 Å². The van der Waals surface area contributed by atoms with E-state index in [9.17, 15) is 32.3 Å². The van der Waals surface area contributed by atoms with Gasteiger partial charge in [-0.15, -0.1) is 0 Å². The van der Waals surface area contributed by atoms with E-state index in [0.29, 0.717) is 16.5 Å². The molecular weight excluding hydrogens is 536 g/mol. The number of benzene rings is 2. The lowest BCUT2D eigenvalue weighted by atomic mass is 10.1. The van der Waals surface area contributed by atoms with Crippen LogP contribution < -0.4 is 5.32 Å². The second-order valence-electron chi connectivity index (χ2n) is 8.26. The van der Waals surface area contributed by atoms with Gasteiger partial charge in [0.25, 0.3) is 11.1 Å². The number of aliphatic hydroxyl groups excluding tert-OH is 1. The van der Waals surface area contributed by atoms with E-state index in [4.69, 9.17) is 11.6 Å². The summed E-state index contributed by atoms with van der Waals surface area (Å²) >= 11 is 6.49. The summed E-state index contributed by atoms with van der Waals surface area (Å²) in [5.74, 6) is -0.558. The van der Waals surface area contributed by atoms with Gasteiger partial charge >= 0.3 is 6.18 Å². The average molecular weight is 557 g/mol. The van der Waals surface area contributed by atoms with E-state index in [1.807, 2.05) is 0 Å². The maximum Gasteiger partial charge on any atom is 0.416 e. The van der Waals surface area contributed by atoms with Gasteiger partial charge in [-0.1, -0.05) is 23.7 Å². The van der Waals surface area contributed by atoms with Gasteiger partial charge in [0, 0.05) is 23.5 Å². The summed E-state index contributed by atoms with van der Waals surface area (Å²) in [5, 5.41) is 17.0. The first-order valence-corrected chi connectivity index (χ1v) is 12.3. The molecule has 1 atom stereocenters. The first-order valence-electron chi connectivity index (χ1n) is 11.1. The van der Waals surface area contributed by atoms with Crippen molar-refractivity contribution in [3.63, 3.8) is 0 Å². The van der Waals surface area contributed by atoms with Crippen LogP contribution in [0.2, 0.25) is 5.02 Å². The molecule has 0 radical (unpaired) electrons. The lowest BCUT2D eigenvalue weighted by molar-refractivity contribution is -0.138. The predicted molar refractivity (Wildman–Crippen MR) is 133 cm³/mol. The predicted octanol–water partition coefficient (Wildman–Crippen LogP) is 4.71. The molecule has 4 rings (SSSR count). The first-order chi connectivity index (χ1) is 17.6. The number of rotatable bonds is 9. The third-order valence-electron chi connectivity index (χ3n) is 5.58. The molecule has 1 aliphatic heterocycles. The van der Waals surface area contributed by atoms with E-state index in [0.717, 1.165) is 22.7 Å². The number of nitrogens with zero attached hydrogens (tertiary/aromatic N) is 3. The van der Waals surface area contributed by atoms with Crippen LogP contribution in [0.4, 0.5) is 22.4 Å². The van der Waals surface area contributed by atoms with Crippen LogP contribution in [0.3, 0.4) is 0 Å². The van der Waals surface area contributed by atoms with Crippen LogP contribution >= 0.6 is 23.4 Å². The topological polar surface area (TPSA) is 87.5 Å². The lowest BCUT2D eigenvalue weighted by Crippen LogP contribution is -2.40. The van der Waals surface area contributed by atoms with Crippen molar-refractivity contribution in [1.82, 2.24) is 20.0 Å². The maximum absolute atomic E-state index is 13.5. The summed E-state index contributed by atoms with van der Waals surface area (Å²) in [7, 11) is 0. The third kappa shape index (κ3) is 6.32. The Morgan fingerprint density at radius 3 is 2.70 bits per heavy atom. The number of aromatic nitrogens is 2. The Balaban J connectivity index is 1.51. The number of aliphatic hydroxyl groups is 1. The van der Waals surface area contributed by atoms with Crippen LogP contribution in [0.25, 0.3) is 17.0 Å². The average Bonchev–Trinajstić information content (AvgIpc) is 3.35. The number of fused-ring (bicyclic) bond motifs is 1. The van der Waals surface area contributed by atoms with Gasteiger partial charge in [0.1, 0.15) is 6.67 Å². The molecule has 2 N–H and O–H groups in total. The van der Waals surface area contributed by atoms with Gasteiger partial charge in [0.15, 0.2) is 0 Å². The van der Waals surface area contributed by atoms with Crippen LogP contribution in [0.15, 0.2) is 47.5 Å². The summed E-state index contributed by atoms with van der Waals surface area (Å²) in [5.41, 5.74) is 0.350. The van der Waals surface area contributed by atoms with Crippen molar-refractivity contribution in [1.29, 1.82) is 0 Å². The molecule has 37 heavy (non-hydrogen) atoms. The van der Waals surface area contributed by atoms with Gasteiger partial charge in [-0.2, -0.15) is 18.3 Å². The van der Waals surface area contributed by atoms with Crippen LogP contribution in [0.5, 0.6) is 0 Å². The van der Waals surface area contributed by atoms with Crippen molar-refractivity contribution in [2.75, 3.05) is 26.3 Å². The number of alkyl halides is 4. The number of carbonyl (C=O) groups excluding carboxylic acids is 2. The molecule has 1 aliphatic rings. The van der Waals surface area contributed by atoms with Gasteiger partial charge in [0.05, 0.1) is 41.4 Å². The highest BCUT2D eigenvalue weighted by molar-refractivity contribution is 8.18. The van der Waals surface area contributed by atoms with Crippen molar-refractivity contribution in [3.8, 4) is 0 Å². The lowest BCUT2D eigenvalue weighted by Gasteiger charge is -2.17. The number of amides is 2. The highest BCUT2D eigenvalue weighted by atomic mass is 35.5. The van der Waals surface area contributed by atoms with Crippen molar-refractivity contribution in [3.05, 3.63) is 69.2 Å². The number of hydrogen-bond donors (Lipinski definition) is 2. The van der Waals surface area contributed by atoms with Crippen molar-refractivity contribution < 1.29 is 32.3 Å². The standard InChI is InChI=1S/C24H21ClF4N4O3S/c25-17-3-2-15(19(9-17)24(27,28)29)12-33-20-4-1-14(7-16(20)10-31-33)8-21-22(35)32(23(36)37-21)13-18(34)11-30-6-5-26/h1-4,7-10,18,30,34H,5-6,11-13H2/b21-8-. The Bertz CT molecular complexity index is 1360. The highest BCUT2D eigenvalue weighted by Gasteiger charge is 2.36. The van der Waals surface area contributed by atoms with Gasteiger partial charge in [-0.25, -0.2) is 4.39 Å². The summed E-state index contributed by atoms with van der Waals surface area (Å²) < 4.78 is 54.0. The molecule has 0 spiro atoms. The van der Waals surface area contributed by atoms with Crippen LogP contribution in [-0.2, 0) is 17.5 Å². The van der Waals surface area contributed by atoms with Gasteiger partial charge < -0.3 is 10.4 Å². The third-order valence-corrected chi connectivity index (χ3v) is 6.72. The summed E-state index contributed by atoms with van der Waals surface area (Å²) in [4.78, 5) is 26.1. The molecule has 2 amide bonds. The quantitative estimate of drug-likeness (QED) is 0.225. The van der Waals surface area contributed by atoms with E-state index in [1.165, 1.54) is 29.1 Å². The molecule has 1 aromatic heterocycles. The minimum atomic E-state index is -4.57. The molecule has 1 saturated heterocycles. The van der Waals surface area contributed by atoms with Crippen LogP contribution in [0.1, 0.15) is 16.7 Å². The molecule has 2 aromatic carbocycles. The van der Waals surface area contributed by atoms with E-state index < -0.39 is 35.7 Å². The second-order valence-corrected chi connectivity index (χ2v) is 9.69. The zero-order chi connectivity index (χ0) is 26.7. The highest BCUT2D eigenvalue weighted by Crippen LogP contribution is 2.35. The van der Waals surface area contributed by atoms with Gasteiger partial charge in [0.2, 0.25) is 0 Å². The molecule has 7 nitrogen and oxygen atoms in total. The summed E-state index contributed by atoms with van der Waals surface area (Å²) in [6.45, 7) is -0.864. The number of hydrogen-bond acceptors (Lipinski definition) is 6. The Hall–Kier alpha value is -2.93. The number of carbonyl (C=O) groups is 2. The number of thioether (sulfide) groups is 1. The van der Waals surface area contributed by atoms with Crippen LogP contribution in [-0.4, -0.2) is 63.3 Å². The fraction of sp³-hybridized carbons (Fsp3) is 0.292. The smallest absolute Gasteiger partial charge is 0.390 e. The van der Waals surface area contributed by atoms with E-state index in [-0.39, 0.29) is 41.7 Å². The summed E-state index contributed by atoms with van der Waals surface area (Å²) in [6.07, 6.45) is -2.58. The number of nitrogens with one attached hydrogen (secondary N) is 1. The zero-order valence-electron chi connectivity index (χ0n) is 19.1. The fourth-order valence-corrected chi connectivity index (χ4v) is 4.87. The Kier molecular flexibility index (Phi) is 8.22. The SMILES string of the molecule is O=C1S/C(=C\c2ccc3c(cnn3Cc3ccc(Cl)cc3C(F)(F)F)c2)C(=O)N1CC(O)CNCCF. The number of β-amino-alcohol motifs (C(OH)–C–C–N with tert-alkyl or cyclic N) is 1. The minimum absolute atomic E-state index is 0.0153. The van der Waals surface area contributed by atoms with E-state index in [1.54, 1.807) is 18.2 Å².